The molecule has 1 aromatic rings. The highest BCUT2D eigenvalue weighted by atomic mass is 32.2. The van der Waals surface area contributed by atoms with Crippen molar-refractivity contribution in [3.63, 3.8) is 0 Å². The number of nitrogens with zero attached hydrogens (tertiary/aromatic N) is 3. The van der Waals surface area contributed by atoms with Crippen LogP contribution in [0, 0.1) is 10.1 Å². The van der Waals surface area contributed by atoms with E-state index in [2.05, 4.69) is 22.2 Å². The molecule has 1 aromatic heterocycles. The summed E-state index contributed by atoms with van der Waals surface area (Å²) in [4.78, 5) is 17.7. The predicted molar refractivity (Wildman–Crippen MR) is 69.4 cm³/mol. The van der Waals surface area contributed by atoms with Gasteiger partial charge >= 0.3 is 5.69 Å². The Morgan fingerprint density at radius 3 is 2.71 bits per heavy atom. The van der Waals surface area contributed by atoms with Gasteiger partial charge in [-0.25, -0.2) is 9.97 Å². The van der Waals surface area contributed by atoms with E-state index in [9.17, 15) is 10.1 Å². The molecule has 1 heterocycles. The molecule has 1 N–H and O–H groups in total. The van der Waals surface area contributed by atoms with Crippen molar-refractivity contribution in [2.24, 2.45) is 0 Å². The highest BCUT2D eigenvalue weighted by Crippen LogP contribution is 2.11. The minimum Gasteiger partial charge on any atom is -0.352 e. The average molecular weight is 256 g/mol. The fraction of sp³-hybridized carbons (Fsp3) is 0.600. The number of nitro groups is 1. The lowest BCUT2D eigenvalue weighted by Crippen LogP contribution is -2.17. The topological polar surface area (TPSA) is 81.0 Å². The third-order valence-corrected chi connectivity index (χ3v) is 3.06. The van der Waals surface area contributed by atoms with E-state index in [0.717, 1.165) is 17.9 Å². The van der Waals surface area contributed by atoms with Gasteiger partial charge < -0.3 is 5.32 Å². The van der Waals surface area contributed by atoms with Crippen molar-refractivity contribution in [3.8, 4) is 0 Å². The largest absolute Gasteiger partial charge is 0.352 e. The van der Waals surface area contributed by atoms with Gasteiger partial charge in [-0.05, 0) is 24.9 Å². The normalized spacial score (nSPS) is 12.1. The van der Waals surface area contributed by atoms with E-state index in [0.29, 0.717) is 5.95 Å². The highest BCUT2D eigenvalue weighted by molar-refractivity contribution is 7.99. The molecule has 1 atom stereocenters. The lowest BCUT2D eigenvalue weighted by Gasteiger charge is -2.12. The second kappa shape index (κ2) is 7.05. The average Bonchev–Trinajstić information content (AvgIpc) is 2.30. The molecule has 0 radical (unpaired) electrons. The van der Waals surface area contributed by atoms with Gasteiger partial charge in [-0.2, -0.15) is 11.8 Å². The van der Waals surface area contributed by atoms with Crippen molar-refractivity contribution in [2.75, 3.05) is 16.8 Å². The molecule has 0 fully saturated rings. The lowest BCUT2D eigenvalue weighted by atomic mass is 10.3. The van der Waals surface area contributed by atoms with Crippen LogP contribution in [0.5, 0.6) is 0 Å². The van der Waals surface area contributed by atoms with E-state index in [-0.39, 0.29) is 11.7 Å². The summed E-state index contributed by atoms with van der Waals surface area (Å²) in [5.74, 6) is 2.63. The summed E-state index contributed by atoms with van der Waals surface area (Å²) in [6, 6.07) is 0.260. The molecule has 0 aliphatic heterocycles. The van der Waals surface area contributed by atoms with Crippen LogP contribution in [0.15, 0.2) is 12.4 Å². The van der Waals surface area contributed by atoms with Crippen LogP contribution in [0.1, 0.15) is 20.3 Å². The number of nitrogens with one attached hydrogen (secondary N) is 1. The Labute approximate surface area is 104 Å². The van der Waals surface area contributed by atoms with Crippen LogP contribution in [-0.2, 0) is 0 Å². The summed E-state index contributed by atoms with van der Waals surface area (Å²) in [7, 11) is 0. The van der Waals surface area contributed by atoms with E-state index in [1.807, 2.05) is 18.7 Å². The number of hydrogen-bond acceptors (Lipinski definition) is 6. The van der Waals surface area contributed by atoms with Gasteiger partial charge in [0.2, 0.25) is 5.95 Å². The van der Waals surface area contributed by atoms with Gasteiger partial charge in [0.15, 0.2) is 0 Å². The zero-order valence-electron chi connectivity index (χ0n) is 9.92. The summed E-state index contributed by atoms with van der Waals surface area (Å²) in [6.45, 7) is 4.17. The molecule has 1 unspecified atom stereocenters. The molecule has 94 valence electrons. The maximum atomic E-state index is 10.4. The Morgan fingerprint density at radius 2 is 2.18 bits per heavy atom. The predicted octanol–water partition coefficient (Wildman–Crippen LogP) is 2.33. The Hall–Kier alpha value is -1.37. The molecule has 1 rings (SSSR count). The van der Waals surface area contributed by atoms with Crippen LogP contribution >= 0.6 is 11.8 Å². The minimum atomic E-state index is -0.509. The first-order valence-corrected chi connectivity index (χ1v) is 6.59. The Bertz CT molecular complexity index is 358. The molecule has 0 bridgehead atoms. The van der Waals surface area contributed by atoms with Crippen molar-refractivity contribution < 1.29 is 4.92 Å². The fourth-order valence-corrected chi connectivity index (χ4v) is 2.00. The summed E-state index contributed by atoms with van der Waals surface area (Å²) < 4.78 is 0. The summed E-state index contributed by atoms with van der Waals surface area (Å²) in [6.07, 6.45) is 3.44. The van der Waals surface area contributed by atoms with Crippen LogP contribution in [0.2, 0.25) is 0 Å². The van der Waals surface area contributed by atoms with Gasteiger partial charge in [0.05, 0.1) is 4.92 Å². The van der Waals surface area contributed by atoms with Crippen LogP contribution in [-0.4, -0.2) is 32.4 Å². The van der Waals surface area contributed by atoms with Crippen molar-refractivity contribution in [1.29, 1.82) is 0 Å². The molecule has 0 amide bonds. The zero-order valence-corrected chi connectivity index (χ0v) is 10.7. The minimum absolute atomic E-state index is 0.0928. The number of anilines is 1. The number of thioether (sulfide) groups is 1. The standard InChI is InChI=1S/C10H16N4O2S/c1-3-17-5-4-8(2)13-10-11-6-9(7-12-10)14(15)16/h6-8H,3-5H2,1-2H3,(H,11,12,13). The van der Waals surface area contributed by atoms with E-state index in [1.54, 1.807) is 0 Å². The van der Waals surface area contributed by atoms with Crippen molar-refractivity contribution in [2.45, 2.75) is 26.3 Å². The van der Waals surface area contributed by atoms with Gasteiger partial charge in [0.1, 0.15) is 12.4 Å². The Morgan fingerprint density at radius 1 is 1.53 bits per heavy atom. The number of rotatable bonds is 7. The Kier molecular flexibility index (Phi) is 5.68. The third kappa shape index (κ3) is 4.99. The smallest absolute Gasteiger partial charge is 0.305 e. The van der Waals surface area contributed by atoms with Gasteiger partial charge in [-0.3, -0.25) is 10.1 Å². The zero-order chi connectivity index (χ0) is 12.7. The summed E-state index contributed by atoms with van der Waals surface area (Å²) in [5, 5.41) is 13.5. The third-order valence-electron chi connectivity index (χ3n) is 2.12. The van der Waals surface area contributed by atoms with Crippen LogP contribution in [0.3, 0.4) is 0 Å². The monoisotopic (exact) mass is 256 g/mol. The van der Waals surface area contributed by atoms with Crippen molar-refractivity contribution in [1.82, 2.24) is 9.97 Å². The maximum Gasteiger partial charge on any atom is 0.305 e. The molecule has 0 spiro atoms. The van der Waals surface area contributed by atoms with Crippen molar-refractivity contribution >= 4 is 23.4 Å². The summed E-state index contributed by atoms with van der Waals surface area (Å²) >= 11 is 1.88. The summed E-state index contributed by atoms with van der Waals surface area (Å²) in [5.41, 5.74) is -0.0928. The SMILES string of the molecule is CCSCCC(C)Nc1ncc([N+](=O)[O-])cn1. The molecular formula is C10H16N4O2S. The Balaban J connectivity index is 2.43. The first kappa shape index (κ1) is 13.7. The molecule has 17 heavy (non-hydrogen) atoms. The van der Waals surface area contributed by atoms with Crippen LogP contribution < -0.4 is 5.32 Å². The molecule has 0 aliphatic carbocycles. The molecule has 7 heteroatoms. The fourth-order valence-electron chi connectivity index (χ4n) is 1.19. The number of hydrogen-bond donors (Lipinski definition) is 1. The second-order valence-corrected chi connectivity index (χ2v) is 4.95. The van der Waals surface area contributed by atoms with Gasteiger partial charge in [-0.1, -0.05) is 6.92 Å². The maximum absolute atomic E-state index is 10.4. The van der Waals surface area contributed by atoms with Crippen molar-refractivity contribution in [3.05, 3.63) is 22.5 Å². The van der Waals surface area contributed by atoms with E-state index in [1.165, 1.54) is 12.4 Å². The molecular weight excluding hydrogens is 240 g/mol. The quantitative estimate of drug-likeness (QED) is 0.458. The van der Waals surface area contributed by atoms with E-state index >= 15 is 0 Å². The van der Waals surface area contributed by atoms with E-state index in [4.69, 9.17) is 0 Å². The second-order valence-electron chi connectivity index (χ2n) is 3.55. The van der Waals surface area contributed by atoms with Gasteiger partial charge in [-0.15, -0.1) is 0 Å². The van der Waals surface area contributed by atoms with Gasteiger partial charge in [0.25, 0.3) is 0 Å². The first-order valence-electron chi connectivity index (χ1n) is 5.44. The van der Waals surface area contributed by atoms with E-state index < -0.39 is 4.92 Å². The molecule has 0 saturated heterocycles. The van der Waals surface area contributed by atoms with Gasteiger partial charge in [0, 0.05) is 6.04 Å². The molecule has 0 aromatic carbocycles. The van der Waals surface area contributed by atoms with Crippen LogP contribution in [0.25, 0.3) is 0 Å². The molecule has 6 nitrogen and oxygen atoms in total. The lowest BCUT2D eigenvalue weighted by molar-refractivity contribution is -0.385. The highest BCUT2D eigenvalue weighted by Gasteiger charge is 2.08. The number of aromatic nitrogens is 2. The molecule has 0 aliphatic rings. The van der Waals surface area contributed by atoms with Crippen LogP contribution in [0.4, 0.5) is 11.6 Å². The first-order chi connectivity index (χ1) is 8.13. The molecule has 0 saturated carbocycles.